The number of methoxy groups -OCH3 is 4. The van der Waals surface area contributed by atoms with Crippen LogP contribution in [-0.2, 0) is 4.79 Å². The number of nitrogens with one attached hydrogen (secondary N) is 1. The Morgan fingerprint density at radius 1 is 0.895 bits per heavy atom. The van der Waals surface area contributed by atoms with E-state index in [0.29, 0.717) is 39.5 Å². The van der Waals surface area contributed by atoms with Crippen molar-refractivity contribution in [3.8, 4) is 40.1 Å². The molecule has 4 aromatic rings. The van der Waals surface area contributed by atoms with Crippen molar-refractivity contribution in [3.63, 3.8) is 0 Å². The smallest absolute Gasteiger partial charge is 0.250 e. The van der Waals surface area contributed by atoms with Gasteiger partial charge in [-0.25, -0.2) is 5.43 Å². The van der Waals surface area contributed by atoms with Gasteiger partial charge in [-0.05, 0) is 42.5 Å². The lowest BCUT2D eigenvalue weighted by Crippen LogP contribution is -2.20. The molecule has 0 fully saturated rings. The molecule has 11 heteroatoms. The van der Waals surface area contributed by atoms with Gasteiger partial charge < -0.3 is 18.9 Å². The molecule has 38 heavy (non-hydrogen) atoms. The summed E-state index contributed by atoms with van der Waals surface area (Å²) in [5.74, 6) is 2.66. The largest absolute Gasteiger partial charge is 0.493 e. The van der Waals surface area contributed by atoms with E-state index in [2.05, 4.69) is 20.7 Å². The van der Waals surface area contributed by atoms with Crippen LogP contribution < -0.4 is 24.4 Å². The molecule has 1 aromatic heterocycles. The highest BCUT2D eigenvalue weighted by Crippen LogP contribution is 2.34. The Kier molecular flexibility index (Phi) is 8.83. The molecule has 0 bridgehead atoms. The number of carbonyl (C=O) groups is 1. The van der Waals surface area contributed by atoms with E-state index in [9.17, 15) is 4.79 Å². The van der Waals surface area contributed by atoms with Crippen LogP contribution in [0.3, 0.4) is 0 Å². The summed E-state index contributed by atoms with van der Waals surface area (Å²) in [5.41, 5.74) is 4.85. The number of carbonyl (C=O) groups excluding carboxylic acids is 1. The molecule has 0 unspecified atom stereocenters. The van der Waals surface area contributed by atoms with Gasteiger partial charge in [-0.2, -0.15) is 5.10 Å². The van der Waals surface area contributed by atoms with Gasteiger partial charge in [0.2, 0.25) is 0 Å². The normalized spacial score (nSPS) is 10.8. The monoisotopic (exact) mass is 533 g/mol. The van der Waals surface area contributed by atoms with Crippen LogP contribution in [0.25, 0.3) is 17.1 Å². The molecule has 0 aliphatic rings. The van der Waals surface area contributed by atoms with Gasteiger partial charge in [-0.1, -0.05) is 36.0 Å². The third-order valence-corrected chi connectivity index (χ3v) is 6.38. The van der Waals surface area contributed by atoms with Crippen molar-refractivity contribution < 1.29 is 23.7 Å². The summed E-state index contributed by atoms with van der Waals surface area (Å²) in [6.07, 6.45) is 1.51. The average molecular weight is 534 g/mol. The lowest BCUT2D eigenvalue weighted by atomic mass is 10.2. The molecule has 0 aliphatic carbocycles. The minimum Gasteiger partial charge on any atom is -0.493 e. The first-order valence-corrected chi connectivity index (χ1v) is 12.5. The summed E-state index contributed by atoms with van der Waals surface area (Å²) in [6, 6.07) is 20.6. The predicted molar refractivity (Wildman–Crippen MR) is 146 cm³/mol. The fourth-order valence-electron chi connectivity index (χ4n) is 3.69. The van der Waals surface area contributed by atoms with Gasteiger partial charge in [0.1, 0.15) is 0 Å². The Bertz CT molecular complexity index is 1420. The average Bonchev–Trinajstić information content (AvgIpc) is 3.39. The molecule has 0 saturated carbocycles. The molecule has 0 aliphatic heterocycles. The van der Waals surface area contributed by atoms with Gasteiger partial charge in [0.25, 0.3) is 5.91 Å². The second-order valence-electron chi connectivity index (χ2n) is 7.71. The minimum absolute atomic E-state index is 0.0729. The third kappa shape index (κ3) is 5.89. The van der Waals surface area contributed by atoms with E-state index < -0.39 is 0 Å². The number of rotatable bonds is 11. The van der Waals surface area contributed by atoms with Crippen LogP contribution in [0.15, 0.2) is 77.0 Å². The number of hydrogen-bond acceptors (Lipinski definition) is 9. The zero-order valence-corrected chi connectivity index (χ0v) is 22.2. The molecule has 0 radical (unpaired) electrons. The van der Waals surface area contributed by atoms with Gasteiger partial charge in [0.05, 0.1) is 40.4 Å². The molecule has 1 N–H and O–H groups in total. The van der Waals surface area contributed by atoms with E-state index in [1.165, 1.54) is 18.0 Å². The summed E-state index contributed by atoms with van der Waals surface area (Å²) in [4.78, 5) is 12.6. The summed E-state index contributed by atoms with van der Waals surface area (Å²) in [7, 11) is 6.27. The number of para-hydroxylation sites is 2. The first-order valence-electron chi connectivity index (χ1n) is 11.5. The molecule has 0 saturated heterocycles. The highest BCUT2D eigenvalue weighted by atomic mass is 32.2. The number of hydrazone groups is 1. The Labute approximate surface area is 224 Å². The highest BCUT2D eigenvalue weighted by molar-refractivity contribution is 7.99. The molecule has 1 heterocycles. The molecule has 1 amide bonds. The fourth-order valence-corrected chi connectivity index (χ4v) is 4.43. The number of ether oxygens (including phenoxy) is 4. The van der Waals surface area contributed by atoms with Crippen molar-refractivity contribution >= 4 is 23.9 Å². The second kappa shape index (κ2) is 12.6. The molecule has 0 atom stereocenters. The number of thioether (sulfide) groups is 1. The van der Waals surface area contributed by atoms with Crippen LogP contribution in [0, 0.1) is 0 Å². The molecular formula is C27H27N5O5S. The Balaban J connectivity index is 1.53. The van der Waals surface area contributed by atoms with E-state index in [1.807, 2.05) is 65.2 Å². The van der Waals surface area contributed by atoms with Crippen LogP contribution in [0.5, 0.6) is 23.0 Å². The van der Waals surface area contributed by atoms with Gasteiger partial charge >= 0.3 is 0 Å². The number of benzene rings is 3. The lowest BCUT2D eigenvalue weighted by molar-refractivity contribution is -0.118. The second-order valence-corrected chi connectivity index (χ2v) is 8.65. The summed E-state index contributed by atoms with van der Waals surface area (Å²) >= 11 is 1.25. The van der Waals surface area contributed by atoms with Crippen molar-refractivity contribution in [2.75, 3.05) is 34.2 Å². The lowest BCUT2D eigenvalue weighted by Gasteiger charge is -2.12. The van der Waals surface area contributed by atoms with E-state index >= 15 is 0 Å². The van der Waals surface area contributed by atoms with E-state index in [-0.39, 0.29) is 11.7 Å². The molecule has 3 aromatic carbocycles. The van der Waals surface area contributed by atoms with E-state index in [1.54, 1.807) is 34.5 Å². The summed E-state index contributed by atoms with van der Waals surface area (Å²) < 4.78 is 23.4. The topological polar surface area (TPSA) is 109 Å². The number of hydrogen-bond donors (Lipinski definition) is 1. The standard InChI is InChI=1S/C27H27N5O5S/c1-34-21-14-13-18(15-23(21)36-3)26-30-31-27(32(26)20-10-6-5-7-11-20)38-17-24(33)29-28-16-19-9-8-12-22(35-2)25(19)37-4/h5-16H,17H2,1-4H3,(H,29,33). The number of nitrogens with zero attached hydrogens (tertiary/aromatic N) is 4. The van der Waals surface area contributed by atoms with Gasteiger partial charge in [0.15, 0.2) is 34.0 Å². The van der Waals surface area contributed by atoms with Crippen LogP contribution in [0.1, 0.15) is 5.56 Å². The quantitative estimate of drug-likeness (QED) is 0.174. The van der Waals surface area contributed by atoms with Crippen molar-refractivity contribution in [3.05, 3.63) is 72.3 Å². The molecule has 196 valence electrons. The maximum Gasteiger partial charge on any atom is 0.250 e. The maximum absolute atomic E-state index is 12.6. The molecule has 4 rings (SSSR count). The van der Waals surface area contributed by atoms with Gasteiger partial charge in [0, 0.05) is 16.8 Å². The van der Waals surface area contributed by atoms with Crippen LogP contribution >= 0.6 is 11.8 Å². The summed E-state index contributed by atoms with van der Waals surface area (Å²) in [5, 5.41) is 13.4. The van der Waals surface area contributed by atoms with Crippen LogP contribution in [0.4, 0.5) is 0 Å². The van der Waals surface area contributed by atoms with Crippen molar-refractivity contribution in [1.29, 1.82) is 0 Å². The van der Waals surface area contributed by atoms with Crippen molar-refractivity contribution in [2.45, 2.75) is 5.16 Å². The SMILES string of the molecule is COc1ccc(-c2nnc(SCC(=O)NN=Cc3cccc(OC)c3OC)n2-c2ccccc2)cc1OC. The van der Waals surface area contributed by atoms with E-state index in [0.717, 1.165) is 11.3 Å². The summed E-state index contributed by atoms with van der Waals surface area (Å²) in [6.45, 7) is 0. The fraction of sp³-hybridized carbons (Fsp3) is 0.185. The predicted octanol–water partition coefficient (Wildman–Crippen LogP) is 4.21. The Morgan fingerprint density at radius 3 is 2.37 bits per heavy atom. The van der Waals surface area contributed by atoms with Gasteiger partial charge in [-0.15, -0.1) is 10.2 Å². The molecule has 10 nitrogen and oxygen atoms in total. The van der Waals surface area contributed by atoms with Crippen LogP contribution in [-0.4, -0.2) is 61.1 Å². The highest BCUT2D eigenvalue weighted by Gasteiger charge is 2.19. The number of aromatic nitrogens is 3. The first kappa shape index (κ1) is 26.6. The first-order chi connectivity index (χ1) is 18.6. The zero-order valence-electron chi connectivity index (χ0n) is 21.4. The zero-order chi connectivity index (χ0) is 26.9. The number of amides is 1. The third-order valence-electron chi connectivity index (χ3n) is 5.45. The maximum atomic E-state index is 12.6. The Hall–Kier alpha value is -4.51. The Morgan fingerprint density at radius 2 is 1.66 bits per heavy atom. The minimum atomic E-state index is -0.302. The molecule has 0 spiro atoms. The van der Waals surface area contributed by atoms with E-state index in [4.69, 9.17) is 18.9 Å². The molecular weight excluding hydrogens is 506 g/mol. The van der Waals surface area contributed by atoms with Gasteiger partial charge in [-0.3, -0.25) is 9.36 Å². The van der Waals surface area contributed by atoms with Crippen LogP contribution in [0.2, 0.25) is 0 Å². The van der Waals surface area contributed by atoms with Crippen molar-refractivity contribution in [1.82, 2.24) is 20.2 Å². The van der Waals surface area contributed by atoms with Crippen molar-refractivity contribution in [2.24, 2.45) is 5.10 Å².